The second-order valence-corrected chi connectivity index (χ2v) is 9.11. The molecule has 1 aromatic carbocycles. The van der Waals surface area contributed by atoms with Crippen LogP contribution in [0.25, 0.3) is 0 Å². The number of methoxy groups -OCH3 is 1. The molecular formula is C17H22N2O3S2. The van der Waals surface area contributed by atoms with Gasteiger partial charge in [0.1, 0.15) is 14.7 Å². The maximum absolute atomic E-state index is 12.9. The number of fused-ring (bicyclic) bond motifs is 2. The summed E-state index contributed by atoms with van der Waals surface area (Å²) in [6.07, 6.45) is 1.17. The standard InChI is InChI=1S/C17H22N2O3S2/c1-16(2,3)22-15(20)19-12-9-7-6-8-11(12)17(13(19)21-4)10-18-14(23-5)24-17/h6-9,13H,10H2,1-5H3/t13-,17+/m1/s1. The fraction of sp³-hybridized carbons (Fsp3) is 0.529. The zero-order valence-electron chi connectivity index (χ0n) is 14.5. The number of anilines is 1. The highest BCUT2D eigenvalue weighted by Gasteiger charge is 2.57. The van der Waals surface area contributed by atoms with Crippen molar-refractivity contribution in [1.29, 1.82) is 0 Å². The molecule has 2 heterocycles. The third kappa shape index (κ3) is 2.82. The highest BCUT2D eigenvalue weighted by Crippen LogP contribution is 2.56. The zero-order chi connectivity index (χ0) is 17.5. The van der Waals surface area contributed by atoms with Crippen LogP contribution in [0.5, 0.6) is 0 Å². The lowest BCUT2D eigenvalue weighted by atomic mass is 9.99. The molecule has 0 aliphatic carbocycles. The minimum absolute atomic E-state index is 0.392. The van der Waals surface area contributed by atoms with Crippen molar-refractivity contribution in [3.05, 3.63) is 29.8 Å². The van der Waals surface area contributed by atoms with Gasteiger partial charge in [-0.3, -0.25) is 4.99 Å². The Hall–Kier alpha value is -1.18. The van der Waals surface area contributed by atoms with E-state index in [1.54, 1.807) is 35.5 Å². The minimum atomic E-state index is -0.566. The summed E-state index contributed by atoms with van der Waals surface area (Å²) < 4.78 is 12.0. The first kappa shape index (κ1) is 17.6. The lowest BCUT2D eigenvalue weighted by Crippen LogP contribution is -2.49. The quantitative estimate of drug-likeness (QED) is 0.750. The van der Waals surface area contributed by atoms with E-state index in [4.69, 9.17) is 9.47 Å². The van der Waals surface area contributed by atoms with Gasteiger partial charge in [0.15, 0.2) is 6.23 Å². The van der Waals surface area contributed by atoms with Crippen LogP contribution in [0, 0.1) is 0 Å². The Kier molecular flexibility index (Phi) is 4.61. The van der Waals surface area contributed by atoms with Crippen LogP contribution in [0.1, 0.15) is 26.3 Å². The van der Waals surface area contributed by atoms with Crippen LogP contribution < -0.4 is 4.90 Å². The number of thioether (sulfide) groups is 2. The number of para-hydroxylation sites is 1. The summed E-state index contributed by atoms with van der Waals surface area (Å²) in [5.74, 6) is 0. The smallest absolute Gasteiger partial charge is 0.417 e. The monoisotopic (exact) mass is 366 g/mol. The van der Waals surface area contributed by atoms with E-state index in [1.807, 2.05) is 45.2 Å². The number of rotatable bonds is 1. The SMILES string of the molecule is CO[C@H]1N(C(=O)OC(C)(C)C)c2ccccc2[C@@]12CN=C(SC)S2. The Morgan fingerprint density at radius 2 is 2.12 bits per heavy atom. The lowest BCUT2D eigenvalue weighted by molar-refractivity contribution is 0.0337. The van der Waals surface area contributed by atoms with Crippen molar-refractivity contribution < 1.29 is 14.3 Å². The molecule has 1 amide bonds. The molecule has 5 nitrogen and oxygen atoms in total. The largest absolute Gasteiger partial charge is 0.443 e. The normalized spacial score (nSPS) is 25.8. The van der Waals surface area contributed by atoms with Gasteiger partial charge in [-0.15, -0.1) is 11.8 Å². The Morgan fingerprint density at radius 1 is 1.42 bits per heavy atom. The topological polar surface area (TPSA) is 51.1 Å². The first-order valence-electron chi connectivity index (χ1n) is 7.74. The van der Waals surface area contributed by atoms with Crippen molar-refractivity contribution in [3.8, 4) is 0 Å². The molecule has 0 fully saturated rings. The highest BCUT2D eigenvalue weighted by atomic mass is 32.2. The summed E-state index contributed by atoms with van der Waals surface area (Å²) in [5, 5.41) is 0. The predicted octanol–water partition coefficient (Wildman–Crippen LogP) is 4.08. The Bertz CT molecular complexity index is 687. The van der Waals surface area contributed by atoms with Gasteiger partial charge in [-0.1, -0.05) is 30.0 Å². The van der Waals surface area contributed by atoms with Crippen molar-refractivity contribution in [2.45, 2.75) is 37.3 Å². The molecule has 24 heavy (non-hydrogen) atoms. The third-order valence-electron chi connectivity index (χ3n) is 3.95. The summed E-state index contributed by atoms with van der Waals surface area (Å²) >= 11 is 3.30. The first-order valence-corrected chi connectivity index (χ1v) is 9.78. The van der Waals surface area contributed by atoms with Crippen LogP contribution in [0.3, 0.4) is 0 Å². The van der Waals surface area contributed by atoms with Gasteiger partial charge in [0.05, 0.1) is 12.2 Å². The van der Waals surface area contributed by atoms with E-state index in [-0.39, 0.29) is 0 Å². The molecule has 1 spiro atoms. The van der Waals surface area contributed by atoms with E-state index in [2.05, 4.69) is 11.1 Å². The summed E-state index contributed by atoms with van der Waals surface area (Å²) in [5.41, 5.74) is 1.34. The summed E-state index contributed by atoms with van der Waals surface area (Å²) in [4.78, 5) is 19.1. The Morgan fingerprint density at radius 3 is 2.71 bits per heavy atom. The fourth-order valence-electron chi connectivity index (χ4n) is 3.09. The maximum atomic E-state index is 12.9. The molecule has 1 aromatic rings. The van der Waals surface area contributed by atoms with E-state index in [0.29, 0.717) is 6.54 Å². The van der Waals surface area contributed by atoms with Crippen molar-refractivity contribution in [1.82, 2.24) is 0 Å². The predicted molar refractivity (Wildman–Crippen MR) is 101 cm³/mol. The molecule has 0 saturated heterocycles. The first-order chi connectivity index (χ1) is 11.3. The van der Waals surface area contributed by atoms with Gasteiger partial charge in [-0.05, 0) is 38.7 Å². The molecule has 0 N–H and O–H groups in total. The lowest BCUT2D eigenvalue weighted by Gasteiger charge is -2.33. The number of carbonyl (C=O) groups is 1. The number of aliphatic imine (C=N–C) groups is 1. The second-order valence-electron chi connectivity index (χ2n) is 6.73. The molecule has 3 rings (SSSR count). The number of hydrogen-bond acceptors (Lipinski definition) is 6. The van der Waals surface area contributed by atoms with E-state index in [0.717, 1.165) is 15.6 Å². The Labute approximate surface area is 151 Å². The van der Waals surface area contributed by atoms with Crippen molar-refractivity contribution in [2.24, 2.45) is 4.99 Å². The Balaban J connectivity index is 2.04. The van der Waals surface area contributed by atoms with Crippen molar-refractivity contribution >= 4 is 39.7 Å². The molecule has 0 radical (unpaired) electrons. The van der Waals surface area contributed by atoms with E-state index < -0.39 is 22.7 Å². The highest BCUT2D eigenvalue weighted by molar-refractivity contribution is 8.39. The van der Waals surface area contributed by atoms with Gasteiger partial charge in [0, 0.05) is 7.11 Å². The van der Waals surface area contributed by atoms with Crippen LogP contribution in [0.15, 0.2) is 29.3 Å². The van der Waals surface area contributed by atoms with Crippen LogP contribution in [0.4, 0.5) is 10.5 Å². The molecule has 0 unspecified atom stereocenters. The van der Waals surface area contributed by atoms with Gasteiger partial charge in [0.25, 0.3) is 0 Å². The number of benzene rings is 1. The van der Waals surface area contributed by atoms with Gasteiger partial charge < -0.3 is 9.47 Å². The number of amides is 1. The van der Waals surface area contributed by atoms with Crippen LogP contribution in [0.2, 0.25) is 0 Å². The minimum Gasteiger partial charge on any atom is -0.443 e. The van der Waals surface area contributed by atoms with Crippen LogP contribution in [-0.4, -0.2) is 42.2 Å². The van der Waals surface area contributed by atoms with Gasteiger partial charge in [0.2, 0.25) is 0 Å². The molecule has 2 aliphatic rings. The maximum Gasteiger partial charge on any atom is 0.417 e. The summed E-state index contributed by atoms with van der Waals surface area (Å²) in [6, 6.07) is 7.91. The summed E-state index contributed by atoms with van der Waals surface area (Å²) in [6.45, 7) is 6.18. The van der Waals surface area contributed by atoms with Gasteiger partial charge >= 0.3 is 6.09 Å². The number of carbonyl (C=O) groups excluding carboxylic acids is 1. The van der Waals surface area contributed by atoms with Crippen LogP contribution >= 0.6 is 23.5 Å². The molecule has 2 aliphatic heterocycles. The average Bonchev–Trinajstić information content (AvgIpc) is 3.07. The van der Waals surface area contributed by atoms with Crippen molar-refractivity contribution in [2.75, 3.05) is 24.8 Å². The second kappa shape index (κ2) is 6.28. The average molecular weight is 367 g/mol. The summed E-state index contributed by atoms with van der Waals surface area (Å²) in [7, 11) is 1.63. The molecule has 130 valence electrons. The van der Waals surface area contributed by atoms with Gasteiger partial charge in [-0.2, -0.15) is 0 Å². The van der Waals surface area contributed by atoms with E-state index >= 15 is 0 Å². The molecule has 2 atom stereocenters. The fourth-order valence-corrected chi connectivity index (χ4v) is 5.22. The third-order valence-corrected chi connectivity index (χ3v) is 6.40. The zero-order valence-corrected chi connectivity index (χ0v) is 16.2. The molecular weight excluding hydrogens is 344 g/mol. The molecule has 0 aromatic heterocycles. The molecule has 0 bridgehead atoms. The molecule has 7 heteroatoms. The van der Waals surface area contributed by atoms with Crippen LogP contribution in [-0.2, 0) is 14.2 Å². The van der Waals surface area contributed by atoms with E-state index in [1.165, 1.54) is 0 Å². The van der Waals surface area contributed by atoms with Crippen molar-refractivity contribution in [3.63, 3.8) is 0 Å². The number of hydrogen-bond donors (Lipinski definition) is 0. The van der Waals surface area contributed by atoms with E-state index in [9.17, 15) is 4.79 Å². The van der Waals surface area contributed by atoms with Gasteiger partial charge in [-0.25, -0.2) is 9.69 Å². The number of ether oxygens (including phenoxy) is 2. The molecule has 0 saturated carbocycles. The number of nitrogens with zero attached hydrogens (tertiary/aromatic N) is 2.